The van der Waals surface area contributed by atoms with E-state index in [0.717, 1.165) is 41.9 Å². The number of hydrogen-bond donors (Lipinski definition) is 1. The Labute approximate surface area is 148 Å². The lowest BCUT2D eigenvalue weighted by molar-refractivity contribution is -0.120. The number of benzene rings is 2. The van der Waals surface area contributed by atoms with Gasteiger partial charge in [0.25, 0.3) is 0 Å². The van der Waals surface area contributed by atoms with Crippen LogP contribution in [-0.2, 0) is 24.2 Å². The van der Waals surface area contributed by atoms with Crippen LogP contribution in [0.1, 0.15) is 30.3 Å². The highest BCUT2D eigenvalue weighted by Gasteiger charge is 2.10. The molecule has 3 aromatic rings. The highest BCUT2D eigenvalue weighted by molar-refractivity contribution is 5.79. The molecule has 1 aromatic heterocycles. The van der Waals surface area contributed by atoms with Crippen molar-refractivity contribution in [3.05, 3.63) is 65.5 Å². The zero-order valence-corrected chi connectivity index (χ0v) is 15.0. The highest BCUT2D eigenvalue weighted by atomic mass is 16.1. The number of hydrogen-bond acceptors (Lipinski definition) is 2. The predicted molar refractivity (Wildman–Crippen MR) is 102 cm³/mol. The normalized spacial score (nSPS) is 11.0. The van der Waals surface area contributed by atoms with E-state index in [1.165, 1.54) is 5.52 Å². The molecule has 0 aliphatic rings. The summed E-state index contributed by atoms with van der Waals surface area (Å²) >= 11 is 0. The summed E-state index contributed by atoms with van der Waals surface area (Å²) in [5.41, 5.74) is 4.43. The Morgan fingerprint density at radius 1 is 1.12 bits per heavy atom. The van der Waals surface area contributed by atoms with Gasteiger partial charge in [-0.05, 0) is 36.6 Å². The average Bonchev–Trinajstić information content (AvgIpc) is 2.95. The van der Waals surface area contributed by atoms with Crippen molar-refractivity contribution in [2.45, 2.75) is 39.7 Å². The van der Waals surface area contributed by atoms with Crippen LogP contribution in [0.15, 0.2) is 48.5 Å². The number of para-hydroxylation sites is 2. The van der Waals surface area contributed by atoms with Gasteiger partial charge in [0.2, 0.25) is 5.91 Å². The van der Waals surface area contributed by atoms with Gasteiger partial charge in [0.1, 0.15) is 5.82 Å². The molecule has 0 spiro atoms. The van der Waals surface area contributed by atoms with Crippen LogP contribution in [0.3, 0.4) is 0 Å². The summed E-state index contributed by atoms with van der Waals surface area (Å²) in [7, 11) is 0. The summed E-state index contributed by atoms with van der Waals surface area (Å²) in [4.78, 5) is 16.9. The summed E-state index contributed by atoms with van der Waals surface area (Å²) < 4.78 is 2.27. The molecule has 0 saturated carbocycles. The summed E-state index contributed by atoms with van der Waals surface area (Å²) in [6, 6.07) is 16.2. The number of fused-ring (bicyclic) bond motifs is 1. The topological polar surface area (TPSA) is 46.9 Å². The van der Waals surface area contributed by atoms with Gasteiger partial charge in [-0.15, -0.1) is 0 Å². The summed E-state index contributed by atoms with van der Waals surface area (Å²) in [5, 5.41) is 3.03. The maximum atomic E-state index is 12.2. The third kappa shape index (κ3) is 4.08. The van der Waals surface area contributed by atoms with Gasteiger partial charge in [0.15, 0.2) is 0 Å². The number of rotatable bonds is 7. The van der Waals surface area contributed by atoms with Crippen molar-refractivity contribution in [1.29, 1.82) is 0 Å². The zero-order chi connectivity index (χ0) is 17.6. The third-order valence-corrected chi connectivity index (χ3v) is 4.46. The van der Waals surface area contributed by atoms with Crippen LogP contribution in [0.4, 0.5) is 0 Å². The molecule has 0 radical (unpaired) electrons. The number of aromatic nitrogens is 2. The molecule has 0 unspecified atom stereocenters. The number of carbonyl (C=O) groups excluding carboxylic acids is 1. The Morgan fingerprint density at radius 3 is 2.68 bits per heavy atom. The minimum Gasteiger partial charge on any atom is -0.355 e. The Bertz CT molecular complexity index is 866. The molecule has 1 heterocycles. The molecule has 0 aliphatic heterocycles. The van der Waals surface area contributed by atoms with Crippen molar-refractivity contribution in [2.75, 3.05) is 6.54 Å². The standard InChI is InChI=1S/C21H25N3O/c1-3-14-24-19-11-7-6-10-18(19)23-20(24)12-13-22-21(25)15-17-9-5-4-8-16(17)2/h4-11H,3,12-15H2,1-2H3,(H,22,25). The van der Waals surface area contributed by atoms with Crippen molar-refractivity contribution in [2.24, 2.45) is 0 Å². The second-order valence-corrected chi connectivity index (χ2v) is 6.37. The fourth-order valence-electron chi connectivity index (χ4n) is 3.15. The van der Waals surface area contributed by atoms with Gasteiger partial charge in [0, 0.05) is 19.5 Å². The summed E-state index contributed by atoms with van der Waals surface area (Å²) in [6.07, 6.45) is 2.24. The van der Waals surface area contributed by atoms with E-state index < -0.39 is 0 Å². The molecule has 3 rings (SSSR count). The second kappa shape index (κ2) is 7.97. The fourth-order valence-corrected chi connectivity index (χ4v) is 3.15. The molecule has 25 heavy (non-hydrogen) atoms. The maximum absolute atomic E-state index is 12.2. The molecular weight excluding hydrogens is 310 g/mol. The zero-order valence-electron chi connectivity index (χ0n) is 15.0. The van der Waals surface area contributed by atoms with Gasteiger partial charge in [-0.25, -0.2) is 4.98 Å². The fraction of sp³-hybridized carbons (Fsp3) is 0.333. The van der Waals surface area contributed by atoms with E-state index in [0.29, 0.717) is 13.0 Å². The maximum Gasteiger partial charge on any atom is 0.224 e. The summed E-state index contributed by atoms with van der Waals surface area (Å²) in [6.45, 7) is 5.77. The molecule has 0 fully saturated rings. The minimum absolute atomic E-state index is 0.0625. The van der Waals surface area contributed by atoms with Crippen LogP contribution in [0.25, 0.3) is 11.0 Å². The predicted octanol–water partition coefficient (Wildman–Crippen LogP) is 3.66. The number of nitrogens with one attached hydrogen (secondary N) is 1. The largest absolute Gasteiger partial charge is 0.355 e. The Kier molecular flexibility index (Phi) is 5.49. The van der Waals surface area contributed by atoms with E-state index >= 15 is 0 Å². The lowest BCUT2D eigenvalue weighted by Gasteiger charge is -2.09. The Hall–Kier alpha value is -2.62. The van der Waals surface area contributed by atoms with E-state index in [4.69, 9.17) is 4.98 Å². The van der Waals surface area contributed by atoms with Crippen LogP contribution in [0, 0.1) is 6.92 Å². The van der Waals surface area contributed by atoms with E-state index in [9.17, 15) is 4.79 Å². The number of imidazole rings is 1. The van der Waals surface area contributed by atoms with Gasteiger partial charge in [0.05, 0.1) is 17.5 Å². The molecule has 0 bridgehead atoms. The number of carbonyl (C=O) groups is 1. The SMILES string of the molecule is CCCn1c(CCNC(=O)Cc2ccccc2C)nc2ccccc21. The van der Waals surface area contributed by atoms with Crippen molar-refractivity contribution < 1.29 is 4.79 Å². The van der Waals surface area contributed by atoms with Gasteiger partial charge in [-0.2, -0.15) is 0 Å². The quantitative estimate of drug-likeness (QED) is 0.716. The van der Waals surface area contributed by atoms with Crippen molar-refractivity contribution in [1.82, 2.24) is 14.9 Å². The number of nitrogens with zero attached hydrogens (tertiary/aromatic N) is 2. The van der Waals surface area contributed by atoms with E-state index in [2.05, 4.69) is 22.9 Å². The molecule has 130 valence electrons. The number of aryl methyl sites for hydroxylation is 2. The first kappa shape index (κ1) is 17.2. The van der Waals surface area contributed by atoms with Crippen LogP contribution >= 0.6 is 0 Å². The Morgan fingerprint density at radius 2 is 1.88 bits per heavy atom. The van der Waals surface area contributed by atoms with Crippen LogP contribution in [0.5, 0.6) is 0 Å². The lowest BCUT2D eigenvalue weighted by Crippen LogP contribution is -2.28. The van der Waals surface area contributed by atoms with Crippen LogP contribution in [-0.4, -0.2) is 22.0 Å². The molecule has 0 atom stereocenters. The molecule has 1 N–H and O–H groups in total. The first-order chi connectivity index (χ1) is 12.2. The molecule has 0 saturated heterocycles. The second-order valence-electron chi connectivity index (χ2n) is 6.37. The lowest BCUT2D eigenvalue weighted by atomic mass is 10.1. The van der Waals surface area contributed by atoms with Crippen molar-refractivity contribution in [3.8, 4) is 0 Å². The molecular formula is C21H25N3O. The van der Waals surface area contributed by atoms with Gasteiger partial charge in [-0.3, -0.25) is 4.79 Å². The van der Waals surface area contributed by atoms with Gasteiger partial charge in [-0.1, -0.05) is 43.3 Å². The first-order valence-corrected chi connectivity index (χ1v) is 8.94. The average molecular weight is 335 g/mol. The van der Waals surface area contributed by atoms with Crippen molar-refractivity contribution in [3.63, 3.8) is 0 Å². The molecule has 4 heteroatoms. The van der Waals surface area contributed by atoms with Gasteiger partial charge >= 0.3 is 0 Å². The highest BCUT2D eigenvalue weighted by Crippen LogP contribution is 2.16. The summed E-state index contributed by atoms with van der Waals surface area (Å²) in [5.74, 6) is 1.10. The van der Waals surface area contributed by atoms with Crippen molar-refractivity contribution >= 4 is 16.9 Å². The van der Waals surface area contributed by atoms with Crippen LogP contribution in [0.2, 0.25) is 0 Å². The monoisotopic (exact) mass is 335 g/mol. The third-order valence-electron chi connectivity index (χ3n) is 4.46. The molecule has 4 nitrogen and oxygen atoms in total. The molecule has 2 aromatic carbocycles. The first-order valence-electron chi connectivity index (χ1n) is 8.94. The Balaban J connectivity index is 1.62. The minimum atomic E-state index is 0.0625. The number of amides is 1. The van der Waals surface area contributed by atoms with E-state index in [1.807, 2.05) is 49.4 Å². The molecule has 0 aliphatic carbocycles. The smallest absolute Gasteiger partial charge is 0.224 e. The van der Waals surface area contributed by atoms with E-state index in [-0.39, 0.29) is 5.91 Å². The van der Waals surface area contributed by atoms with Crippen LogP contribution < -0.4 is 5.32 Å². The van der Waals surface area contributed by atoms with E-state index in [1.54, 1.807) is 0 Å². The molecule has 1 amide bonds. The van der Waals surface area contributed by atoms with Gasteiger partial charge < -0.3 is 9.88 Å².